The Bertz CT molecular complexity index is 625. The molecule has 0 atom stereocenters. The second-order valence-electron chi connectivity index (χ2n) is 4.45. The van der Waals surface area contributed by atoms with E-state index in [1.807, 2.05) is 0 Å². The lowest BCUT2D eigenvalue weighted by atomic mass is 10.3. The third-order valence-corrected chi connectivity index (χ3v) is 2.59. The number of aromatic nitrogens is 3. The van der Waals surface area contributed by atoms with Gasteiger partial charge in [0, 0.05) is 12.3 Å². The summed E-state index contributed by atoms with van der Waals surface area (Å²) in [5, 5.41) is 13.9. The summed E-state index contributed by atoms with van der Waals surface area (Å²) in [5.41, 5.74) is 0.785. The minimum atomic E-state index is -0.511. The fourth-order valence-corrected chi connectivity index (χ4v) is 1.67. The van der Waals surface area contributed by atoms with E-state index in [0.717, 1.165) is 0 Å². The van der Waals surface area contributed by atoms with Gasteiger partial charge < -0.3 is 14.7 Å². The SMILES string of the molecule is CC(C)OC(=O)COc1cc(-c2ccc(Cl)cn2)n(O)n1. The highest BCUT2D eigenvalue weighted by Gasteiger charge is 2.13. The highest BCUT2D eigenvalue weighted by atomic mass is 35.5. The molecule has 7 nitrogen and oxygen atoms in total. The van der Waals surface area contributed by atoms with Crippen molar-refractivity contribution in [2.45, 2.75) is 20.0 Å². The Balaban J connectivity index is 2.05. The summed E-state index contributed by atoms with van der Waals surface area (Å²) < 4.78 is 10.1. The Hall–Kier alpha value is -2.28. The molecule has 0 amide bonds. The molecule has 0 spiro atoms. The van der Waals surface area contributed by atoms with E-state index in [1.165, 1.54) is 12.3 Å². The van der Waals surface area contributed by atoms with Crippen LogP contribution < -0.4 is 4.74 Å². The van der Waals surface area contributed by atoms with Crippen molar-refractivity contribution in [2.24, 2.45) is 0 Å². The number of hydrogen-bond donors (Lipinski definition) is 1. The van der Waals surface area contributed by atoms with Crippen molar-refractivity contribution in [3.63, 3.8) is 0 Å². The van der Waals surface area contributed by atoms with Gasteiger partial charge in [0.2, 0.25) is 5.88 Å². The van der Waals surface area contributed by atoms with Crippen LogP contribution in [0.4, 0.5) is 0 Å². The van der Waals surface area contributed by atoms with Crippen LogP contribution in [-0.2, 0) is 9.53 Å². The number of ether oxygens (including phenoxy) is 2. The number of rotatable bonds is 5. The topological polar surface area (TPSA) is 86.5 Å². The van der Waals surface area contributed by atoms with E-state index in [9.17, 15) is 10.0 Å². The minimum Gasteiger partial charge on any atom is -0.464 e. The molecular weight excluding hydrogens is 298 g/mol. The van der Waals surface area contributed by atoms with Crippen LogP contribution in [0.5, 0.6) is 5.88 Å². The van der Waals surface area contributed by atoms with Crippen molar-refractivity contribution in [3.05, 3.63) is 29.4 Å². The monoisotopic (exact) mass is 311 g/mol. The van der Waals surface area contributed by atoms with Crippen LogP contribution in [0, 0.1) is 0 Å². The van der Waals surface area contributed by atoms with Gasteiger partial charge in [-0.25, -0.2) is 4.79 Å². The summed E-state index contributed by atoms with van der Waals surface area (Å²) in [6.45, 7) is 3.19. The van der Waals surface area contributed by atoms with Gasteiger partial charge in [-0.3, -0.25) is 4.98 Å². The molecule has 0 saturated carbocycles. The lowest BCUT2D eigenvalue weighted by Crippen LogP contribution is -2.18. The zero-order valence-corrected chi connectivity index (χ0v) is 12.2. The maximum absolute atomic E-state index is 11.4. The van der Waals surface area contributed by atoms with Gasteiger partial charge in [0.25, 0.3) is 0 Å². The number of pyridine rings is 1. The second kappa shape index (κ2) is 6.45. The lowest BCUT2D eigenvalue weighted by Gasteiger charge is -2.07. The second-order valence-corrected chi connectivity index (χ2v) is 4.88. The predicted octanol–water partition coefficient (Wildman–Crippen LogP) is 2.17. The van der Waals surface area contributed by atoms with Crippen LogP contribution in [0.1, 0.15) is 13.8 Å². The van der Waals surface area contributed by atoms with Crippen molar-refractivity contribution in [1.29, 1.82) is 0 Å². The van der Waals surface area contributed by atoms with Crippen molar-refractivity contribution in [1.82, 2.24) is 14.9 Å². The molecule has 0 radical (unpaired) electrons. The van der Waals surface area contributed by atoms with Gasteiger partial charge in [-0.15, -0.1) is 0 Å². The molecule has 0 aliphatic carbocycles. The molecule has 0 aliphatic rings. The highest BCUT2D eigenvalue weighted by Crippen LogP contribution is 2.22. The van der Waals surface area contributed by atoms with Crippen molar-refractivity contribution in [2.75, 3.05) is 6.61 Å². The maximum atomic E-state index is 11.4. The average molecular weight is 312 g/mol. The summed E-state index contributed by atoms with van der Waals surface area (Å²) in [4.78, 5) is 16.0. The highest BCUT2D eigenvalue weighted by molar-refractivity contribution is 6.30. The first kappa shape index (κ1) is 15.1. The molecule has 2 aromatic heterocycles. The average Bonchev–Trinajstić information content (AvgIpc) is 2.78. The molecular formula is C13H14ClN3O4. The number of carbonyl (C=O) groups excluding carboxylic acids is 1. The third-order valence-electron chi connectivity index (χ3n) is 2.36. The Morgan fingerprint density at radius 1 is 1.48 bits per heavy atom. The van der Waals surface area contributed by atoms with Gasteiger partial charge in [-0.2, -0.15) is 0 Å². The Labute approximate surface area is 126 Å². The first-order valence-electron chi connectivity index (χ1n) is 6.19. The fourth-order valence-electron chi connectivity index (χ4n) is 1.55. The van der Waals surface area contributed by atoms with Crippen LogP contribution >= 0.6 is 11.6 Å². The first-order chi connectivity index (χ1) is 9.95. The van der Waals surface area contributed by atoms with Gasteiger partial charge in [0.15, 0.2) is 6.61 Å². The summed E-state index contributed by atoms with van der Waals surface area (Å²) in [6, 6.07) is 4.72. The van der Waals surface area contributed by atoms with E-state index in [0.29, 0.717) is 21.3 Å². The molecule has 8 heteroatoms. The quantitative estimate of drug-likeness (QED) is 0.672. The normalized spacial score (nSPS) is 10.7. The minimum absolute atomic E-state index is 0.0879. The number of nitrogens with zero attached hydrogens (tertiary/aromatic N) is 3. The Kier molecular flexibility index (Phi) is 4.64. The summed E-state index contributed by atoms with van der Waals surface area (Å²) in [7, 11) is 0. The third kappa shape index (κ3) is 4.09. The first-order valence-corrected chi connectivity index (χ1v) is 6.57. The molecule has 112 valence electrons. The molecule has 0 bridgehead atoms. The lowest BCUT2D eigenvalue weighted by molar-refractivity contribution is -0.149. The van der Waals surface area contributed by atoms with E-state index < -0.39 is 5.97 Å². The van der Waals surface area contributed by atoms with Crippen LogP contribution in [0.25, 0.3) is 11.4 Å². The number of esters is 1. The molecule has 0 aliphatic heterocycles. The van der Waals surface area contributed by atoms with Gasteiger partial charge in [-0.1, -0.05) is 21.5 Å². The van der Waals surface area contributed by atoms with Crippen LogP contribution in [0.3, 0.4) is 0 Å². The smallest absolute Gasteiger partial charge is 0.344 e. The van der Waals surface area contributed by atoms with Crippen molar-refractivity contribution in [3.8, 4) is 17.3 Å². The molecule has 1 N–H and O–H groups in total. The zero-order chi connectivity index (χ0) is 15.4. The molecule has 21 heavy (non-hydrogen) atoms. The van der Waals surface area contributed by atoms with E-state index >= 15 is 0 Å². The fraction of sp³-hybridized carbons (Fsp3) is 0.308. The van der Waals surface area contributed by atoms with Crippen LogP contribution in [-0.4, -0.2) is 38.8 Å². The Morgan fingerprint density at radius 3 is 2.86 bits per heavy atom. The van der Waals surface area contributed by atoms with Gasteiger partial charge in [-0.05, 0) is 26.0 Å². The van der Waals surface area contributed by atoms with E-state index in [2.05, 4.69) is 10.1 Å². The van der Waals surface area contributed by atoms with E-state index in [-0.39, 0.29) is 18.6 Å². The molecule has 0 aromatic carbocycles. The molecule has 0 unspecified atom stereocenters. The number of hydrogen-bond acceptors (Lipinski definition) is 6. The molecule has 2 aromatic rings. The van der Waals surface area contributed by atoms with Gasteiger partial charge in [0.05, 0.1) is 16.8 Å². The predicted molar refractivity (Wildman–Crippen MR) is 74.4 cm³/mol. The Morgan fingerprint density at radius 2 is 2.24 bits per heavy atom. The number of halogens is 1. The standard InChI is InChI=1S/C13H14ClN3O4/c1-8(2)21-13(18)7-20-12-5-11(17(19)16-12)10-4-3-9(14)6-15-10/h3-6,8,19H,7H2,1-2H3. The van der Waals surface area contributed by atoms with Gasteiger partial charge in [0.1, 0.15) is 5.69 Å². The maximum Gasteiger partial charge on any atom is 0.344 e. The largest absolute Gasteiger partial charge is 0.464 e. The van der Waals surface area contributed by atoms with Gasteiger partial charge >= 0.3 is 5.97 Å². The molecule has 0 saturated heterocycles. The molecule has 2 heterocycles. The van der Waals surface area contributed by atoms with E-state index in [4.69, 9.17) is 21.1 Å². The number of carbonyl (C=O) groups is 1. The van der Waals surface area contributed by atoms with Crippen LogP contribution in [0.15, 0.2) is 24.4 Å². The molecule has 2 rings (SSSR count). The summed E-state index contributed by atoms with van der Waals surface area (Å²) in [5.74, 6) is -0.423. The summed E-state index contributed by atoms with van der Waals surface area (Å²) in [6.07, 6.45) is 1.23. The molecule has 0 fully saturated rings. The van der Waals surface area contributed by atoms with Crippen molar-refractivity contribution < 1.29 is 19.5 Å². The van der Waals surface area contributed by atoms with E-state index in [1.54, 1.807) is 26.0 Å². The summed E-state index contributed by atoms with van der Waals surface area (Å²) >= 11 is 5.75. The van der Waals surface area contributed by atoms with Crippen molar-refractivity contribution >= 4 is 17.6 Å². The zero-order valence-electron chi connectivity index (χ0n) is 11.5. The van der Waals surface area contributed by atoms with Crippen LogP contribution in [0.2, 0.25) is 5.02 Å².